The van der Waals surface area contributed by atoms with E-state index < -0.39 is 0 Å². The summed E-state index contributed by atoms with van der Waals surface area (Å²) in [5, 5.41) is 0. The molecule has 1 rings (SSSR count). The number of nitrogens with zero attached hydrogens (tertiary/aromatic N) is 1. The predicted molar refractivity (Wildman–Crippen MR) is 89.8 cm³/mol. The maximum atomic E-state index is 12.0. The largest absolute Gasteiger partial charge is 0.294 e. The minimum absolute atomic E-state index is 0.241. The number of hydrogen-bond donors (Lipinski definition) is 0. The normalized spacial score (nSPS) is 10.8. The van der Waals surface area contributed by atoms with Crippen LogP contribution in [0.25, 0.3) is 0 Å². The van der Waals surface area contributed by atoms with Gasteiger partial charge in [-0.2, -0.15) is 0 Å². The molecule has 1 heterocycles. The van der Waals surface area contributed by atoms with Crippen molar-refractivity contribution >= 4 is 5.78 Å². The molecule has 1 aromatic rings. The number of Topliss-reactive ketones (excluding diaryl/α,β-unsaturated/α-hetero) is 1. The molecule has 0 aliphatic carbocycles. The van der Waals surface area contributed by atoms with Crippen LogP contribution in [0.4, 0.5) is 0 Å². The van der Waals surface area contributed by atoms with E-state index in [0.29, 0.717) is 6.42 Å². The molecule has 0 bridgehead atoms. The van der Waals surface area contributed by atoms with Crippen molar-refractivity contribution in [3.8, 4) is 0 Å². The van der Waals surface area contributed by atoms with Crippen LogP contribution >= 0.6 is 0 Å². The second-order valence-corrected chi connectivity index (χ2v) is 6.11. The first-order chi connectivity index (χ1) is 10.2. The van der Waals surface area contributed by atoms with Crippen molar-refractivity contribution in [2.45, 2.75) is 84.5 Å². The number of unbranched alkanes of at least 4 members (excludes halogenated alkanes) is 9. The Morgan fingerprint density at radius 2 is 1.48 bits per heavy atom. The van der Waals surface area contributed by atoms with E-state index in [0.717, 1.165) is 17.5 Å². The Morgan fingerprint density at radius 3 is 2.05 bits per heavy atom. The molecule has 0 amide bonds. The molecule has 0 aromatic carbocycles. The first-order valence-corrected chi connectivity index (χ1v) is 8.69. The van der Waals surface area contributed by atoms with Gasteiger partial charge in [0.2, 0.25) is 0 Å². The van der Waals surface area contributed by atoms with Gasteiger partial charge in [0.1, 0.15) is 0 Å². The monoisotopic (exact) mass is 289 g/mol. The Morgan fingerprint density at radius 1 is 0.905 bits per heavy atom. The summed E-state index contributed by atoms with van der Waals surface area (Å²) in [4.78, 5) is 16.1. The summed E-state index contributed by atoms with van der Waals surface area (Å²) in [6, 6.07) is 1.94. The van der Waals surface area contributed by atoms with Crippen molar-refractivity contribution in [2.24, 2.45) is 0 Å². The highest BCUT2D eigenvalue weighted by atomic mass is 16.1. The lowest BCUT2D eigenvalue weighted by molar-refractivity contribution is 0.0978. The molecule has 0 saturated heterocycles. The van der Waals surface area contributed by atoms with Crippen LogP contribution in [-0.4, -0.2) is 10.8 Å². The summed E-state index contributed by atoms with van der Waals surface area (Å²) in [5.41, 5.74) is 1.83. The molecule has 0 spiro atoms. The molecule has 0 saturated carbocycles. The molecule has 1 aromatic heterocycles. The minimum atomic E-state index is 0.241. The van der Waals surface area contributed by atoms with Crippen LogP contribution in [-0.2, 0) is 0 Å². The van der Waals surface area contributed by atoms with Crippen LogP contribution in [0.1, 0.15) is 93.5 Å². The minimum Gasteiger partial charge on any atom is -0.294 e. The van der Waals surface area contributed by atoms with E-state index in [9.17, 15) is 4.79 Å². The van der Waals surface area contributed by atoms with Gasteiger partial charge < -0.3 is 0 Å². The topological polar surface area (TPSA) is 30.0 Å². The lowest BCUT2D eigenvalue weighted by Crippen LogP contribution is -2.00. The Labute approximate surface area is 130 Å². The van der Waals surface area contributed by atoms with Gasteiger partial charge in [-0.3, -0.25) is 9.78 Å². The highest BCUT2D eigenvalue weighted by molar-refractivity contribution is 5.95. The van der Waals surface area contributed by atoms with E-state index in [-0.39, 0.29) is 5.78 Å². The van der Waals surface area contributed by atoms with Gasteiger partial charge >= 0.3 is 0 Å². The number of rotatable bonds is 12. The van der Waals surface area contributed by atoms with Gasteiger partial charge in [0, 0.05) is 24.4 Å². The Hall–Kier alpha value is -1.18. The maximum absolute atomic E-state index is 12.0. The van der Waals surface area contributed by atoms with E-state index in [2.05, 4.69) is 11.9 Å². The number of aromatic nitrogens is 1. The van der Waals surface area contributed by atoms with Crippen molar-refractivity contribution in [2.75, 3.05) is 0 Å². The zero-order chi connectivity index (χ0) is 15.3. The smallest absolute Gasteiger partial charge is 0.164 e. The van der Waals surface area contributed by atoms with Crippen LogP contribution in [0.15, 0.2) is 18.5 Å². The Kier molecular flexibility index (Phi) is 9.77. The van der Waals surface area contributed by atoms with Crippen molar-refractivity contribution in [3.05, 3.63) is 29.6 Å². The molecule has 0 unspecified atom stereocenters. The lowest BCUT2D eigenvalue weighted by Gasteiger charge is -2.03. The van der Waals surface area contributed by atoms with Crippen LogP contribution in [0.2, 0.25) is 0 Å². The molecule has 2 heteroatoms. The van der Waals surface area contributed by atoms with Crippen LogP contribution < -0.4 is 0 Å². The third-order valence-corrected chi connectivity index (χ3v) is 3.95. The summed E-state index contributed by atoms with van der Waals surface area (Å²) in [7, 11) is 0. The van der Waals surface area contributed by atoms with E-state index in [1.54, 1.807) is 12.4 Å². The fourth-order valence-corrected chi connectivity index (χ4v) is 2.62. The summed E-state index contributed by atoms with van der Waals surface area (Å²) in [5.74, 6) is 0.241. The third-order valence-electron chi connectivity index (χ3n) is 3.95. The standard InChI is InChI=1S/C19H31NO/c1-3-4-5-6-7-8-9-10-11-12-13-19(21)18-14-17(2)15-20-16-18/h14-16H,3-13H2,1-2H3. The first kappa shape index (κ1) is 17.9. The van der Waals surface area contributed by atoms with Crippen LogP contribution in [0.3, 0.4) is 0 Å². The highest BCUT2D eigenvalue weighted by Gasteiger charge is 2.05. The fourth-order valence-electron chi connectivity index (χ4n) is 2.62. The molecule has 0 fully saturated rings. The van der Waals surface area contributed by atoms with Gasteiger partial charge in [0.05, 0.1) is 0 Å². The first-order valence-electron chi connectivity index (χ1n) is 8.69. The van der Waals surface area contributed by atoms with Crippen molar-refractivity contribution in [1.29, 1.82) is 0 Å². The van der Waals surface area contributed by atoms with Gasteiger partial charge in [0.25, 0.3) is 0 Å². The summed E-state index contributed by atoms with van der Waals surface area (Å²) in [6.45, 7) is 4.23. The maximum Gasteiger partial charge on any atom is 0.164 e. The van der Waals surface area contributed by atoms with Crippen molar-refractivity contribution in [3.63, 3.8) is 0 Å². The fraction of sp³-hybridized carbons (Fsp3) is 0.684. The van der Waals surface area contributed by atoms with E-state index in [4.69, 9.17) is 0 Å². The van der Waals surface area contributed by atoms with Gasteiger partial charge in [-0.1, -0.05) is 64.7 Å². The zero-order valence-electron chi connectivity index (χ0n) is 13.9. The second-order valence-electron chi connectivity index (χ2n) is 6.11. The van der Waals surface area contributed by atoms with Crippen molar-refractivity contribution < 1.29 is 4.79 Å². The molecule has 0 aliphatic heterocycles. The molecule has 118 valence electrons. The average molecular weight is 289 g/mol. The molecule has 0 aliphatic rings. The number of aryl methyl sites for hydroxylation is 1. The SMILES string of the molecule is CCCCCCCCCCCCC(=O)c1cncc(C)c1. The van der Waals surface area contributed by atoms with E-state index in [1.165, 1.54) is 57.8 Å². The summed E-state index contributed by atoms with van der Waals surface area (Å²) >= 11 is 0. The van der Waals surface area contributed by atoms with E-state index >= 15 is 0 Å². The van der Waals surface area contributed by atoms with Gasteiger partial charge in [-0.15, -0.1) is 0 Å². The molecular weight excluding hydrogens is 258 g/mol. The Bertz CT molecular complexity index is 400. The third kappa shape index (κ3) is 8.64. The predicted octanol–water partition coefficient (Wildman–Crippen LogP) is 5.88. The van der Waals surface area contributed by atoms with Gasteiger partial charge in [-0.25, -0.2) is 0 Å². The quantitative estimate of drug-likeness (QED) is 0.355. The average Bonchev–Trinajstić information content (AvgIpc) is 2.49. The highest BCUT2D eigenvalue weighted by Crippen LogP contribution is 2.13. The number of carbonyl (C=O) groups is 1. The number of ketones is 1. The van der Waals surface area contributed by atoms with E-state index in [1.807, 2.05) is 13.0 Å². The molecule has 0 N–H and O–H groups in total. The molecule has 2 nitrogen and oxygen atoms in total. The molecule has 21 heavy (non-hydrogen) atoms. The number of carbonyl (C=O) groups excluding carboxylic acids is 1. The van der Waals surface area contributed by atoms with Gasteiger partial charge in [0.15, 0.2) is 5.78 Å². The molecule has 0 radical (unpaired) electrons. The van der Waals surface area contributed by atoms with Crippen LogP contribution in [0, 0.1) is 6.92 Å². The molecule has 0 atom stereocenters. The lowest BCUT2D eigenvalue weighted by atomic mass is 10.0. The van der Waals surface area contributed by atoms with Crippen LogP contribution in [0.5, 0.6) is 0 Å². The second kappa shape index (κ2) is 11.5. The Balaban J connectivity index is 1.98. The van der Waals surface area contributed by atoms with Crippen molar-refractivity contribution in [1.82, 2.24) is 4.98 Å². The number of pyridine rings is 1. The molecular formula is C19H31NO. The summed E-state index contributed by atoms with van der Waals surface area (Å²) < 4.78 is 0. The van der Waals surface area contributed by atoms with Gasteiger partial charge in [-0.05, 0) is 25.0 Å². The number of hydrogen-bond acceptors (Lipinski definition) is 2. The zero-order valence-corrected chi connectivity index (χ0v) is 13.9. The summed E-state index contributed by atoms with van der Waals surface area (Å²) in [6.07, 6.45) is 17.2.